The SMILES string of the molecule is COCCN(CCOC)C(=O)C(=O)N1CCNCC1. The first-order chi connectivity index (χ1) is 9.20. The van der Waals surface area contributed by atoms with Crippen molar-refractivity contribution < 1.29 is 19.1 Å². The fraction of sp³-hybridized carbons (Fsp3) is 0.833. The second kappa shape index (κ2) is 8.84. The van der Waals surface area contributed by atoms with E-state index in [1.54, 1.807) is 19.1 Å². The molecular weight excluding hydrogens is 250 g/mol. The molecule has 7 heteroatoms. The molecular formula is C12H23N3O4. The van der Waals surface area contributed by atoms with Crippen molar-refractivity contribution in [2.45, 2.75) is 0 Å². The van der Waals surface area contributed by atoms with Crippen LogP contribution in [0.15, 0.2) is 0 Å². The lowest BCUT2D eigenvalue weighted by molar-refractivity contribution is -0.152. The molecule has 1 aliphatic heterocycles. The summed E-state index contributed by atoms with van der Waals surface area (Å²) in [5.74, 6) is -0.912. The van der Waals surface area contributed by atoms with Gasteiger partial charge in [-0.3, -0.25) is 9.59 Å². The molecule has 0 atom stereocenters. The number of rotatable bonds is 6. The zero-order valence-corrected chi connectivity index (χ0v) is 11.7. The summed E-state index contributed by atoms with van der Waals surface area (Å²) >= 11 is 0. The first kappa shape index (κ1) is 15.9. The third-order valence-electron chi connectivity index (χ3n) is 3.01. The van der Waals surface area contributed by atoms with E-state index in [-0.39, 0.29) is 0 Å². The number of hydrogen-bond acceptors (Lipinski definition) is 5. The first-order valence-electron chi connectivity index (χ1n) is 6.47. The minimum atomic E-state index is -0.476. The monoisotopic (exact) mass is 273 g/mol. The average molecular weight is 273 g/mol. The Kier molecular flexibility index (Phi) is 7.39. The molecule has 7 nitrogen and oxygen atoms in total. The van der Waals surface area contributed by atoms with E-state index in [2.05, 4.69) is 5.32 Å². The lowest BCUT2D eigenvalue weighted by Crippen LogP contribution is -2.53. The molecule has 0 aromatic carbocycles. The topological polar surface area (TPSA) is 71.1 Å². The highest BCUT2D eigenvalue weighted by atomic mass is 16.5. The van der Waals surface area contributed by atoms with E-state index in [0.29, 0.717) is 39.4 Å². The van der Waals surface area contributed by atoms with Crippen molar-refractivity contribution in [1.29, 1.82) is 0 Å². The van der Waals surface area contributed by atoms with Crippen molar-refractivity contribution in [3.8, 4) is 0 Å². The summed E-state index contributed by atoms with van der Waals surface area (Å²) in [7, 11) is 3.13. The minimum absolute atomic E-state index is 0.399. The van der Waals surface area contributed by atoms with E-state index >= 15 is 0 Å². The molecule has 2 amide bonds. The quantitative estimate of drug-likeness (QED) is 0.599. The van der Waals surface area contributed by atoms with E-state index in [9.17, 15) is 9.59 Å². The lowest BCUT2D eigenvalue weighted by atomic mass is 10.3. The Hall–Kier alpha value is -1.18. The van der Waals surface area contributed by atoms with Crippen LogP contribution in [0.3, 0.4) is 0 Å². The molecule has 1 rings (SSSR count). The number of methoxy groups -OCH3 is 2. The van der Waals surface area contributed by atoms with Crippen LogP contribution in [0, 0.1) is 0 Å². The van der Waals surface area contributed by atoms with Gasteiger partial charge < -0.3 is 24.6 Å². The van der Waals surface area contributed by atoms with E-state index < -0.39 is 11.8 Å². The summed E-state index contributed by atoms with van der Waals surface area (Å²) in [5, 5.41) is 3.15. The van der Waals surface area contributed by atoms with E-state index in [0.717, 1.165) is 13.1 Å². The van der Waals surface area contributed by atoms with Crippen molar-refractivity contribution in [2.75, 3.05) is 66.7 Å². The third kappa shape index (κ3) is 5.14. The van der Waals surface area contributed by atoms with Gasteiger partial charge in [0.1, 0.15) is 0 Å². The van der Waals surface area contributed by atoms with Crippen LogP contribution in [0.1, 0.15) is 0 Å². The van der Waals surface area contributed by atoms with Gasteiger partial charge in [0.05, 0.1) is 13.2 Å². The number of hydrogen-bond donors (Lipinski definition) is 1. The van der Waals surface area contributed by atoms with Crippen LogP contribution in [0.4, 0.5) is 0 Å². The van der Waals surface area contributed by atoms with E-state index in [1.165, 1.54) is 4.90 Å². The fourth-order valence-electron chi connectivity index (χ4n) is 1.86. The Balaban J connectivity index is 2.54. The lowest BCUT2D eigenvalue weighted by Gasteiger charge is -2.29. The van der Waals surface area contributed by atoms with Gasteiger partial charge >= 0.3 is 11.8 Å². The van der Waals surface area contributed by atoms with Gasteiger partial charge in [-0.25, -0.2) is 0 Å². The molecule has 0 spiro atoms. The second-order valence-electron chi connectivity index (χ2n) is 4.32. The molecule has 0 saturated carbocycles. The Morgan fingerprint density at radius 1 is 1.11 bits per heavy atom. The van der Waals surface area contributed by atoms with Gasteiger partial charge in [-0.15, -0.1) is 0 Å². The molecule has 19 heavy (non-hydrogen) atoms. The molecule has 1 aliphatic rings. The number of ether oxygens (including phenoxy) is 2. The summed E-state index contributed by atoms with van der Waals surface area (Å²) in [6.45, 7) is 4.23. The minimum Gasteiger partial charge on any atom is -0.383 e. The summed E-state index contributed by atoms with van der Waals surface area (Å²) in [6.07, 6.45) is 0. The average Bonchev–Trinajstić information content (AvgIpc) is 2.47. The number of nitrogens with zero attached hydrogens (tertiary/aromatic N) is 2. The second-order valence-corrected chi connectivity index (χ2v) is 4.32. The van der Waals surface area contributed by atoms with Crippen LogP contribution >= 0.6 is 0 Å². The largest absolute Gasteiger partial charge is 0.383 e. The summed E-state index contributed by atoms with van der Waals surface area (Å²) in [4.78, 5) is 27.3. The predicted molar refractivity (Wildman–Crippen MR) is 69.8 cm³/mol. The van der Waals surface area contributed by atoms with Gasteiger partial charge in [0, 0.05) is 53.5 Å². The normalized spacial score (nSPS) is 15.4. The zero-order valence-electron chi connectivity index (χ0n) is 11.7. The number of carbonyl (C=O) groups excluding carboxylic acids is 2. The standard InChI is InChI=1S/C12H23N3O4/c1-18-9-7-15(8-10-19-2)12(17)11(16)14-5-3-13-4-6-14/h13H,3-10H2,1-2H3. The molecule has 110 valence electrons. The molecule has 0 aromatic heterocycles. The fourth-order valence-corrected chi connectivity index (χ4v) is 1.86. The molecule has 0 unspecified atom stereocenters. The number of piperazine rings is 1. The molecule has 0 bridgehead atoms. The molecule has 1 saturated heterocycles. The number of amides is 2. The molecule has 0 aromatic rings. The maximum absolute atomic E-state index is 12.2. The Labute approximate surface area is 113 Å². The maximum Gasteiger partial charge on any atom is 0.312 e. The van der Waals surface area contributed by atoms with Crippen molar-refractivity contribution >= 4 is 11.8 Å². The van der Waals surface area contributed by atoms with Gasteiger partial charge in [0.15, 0.2) is 0 Å². The van der Waals surface area contributed by atoms with Crippen molar-refractivity contribution in [3.63, 3.8) is 0 Å². The van der Waals surface area contributed by atoms with Gasteiger partial charge in [0.2, 0.25) is 0 Å². The highest BCUT2D eigenvalue weighted by molar-refractivity contribution is 6.34. The van der Waals surface area contributed by atoms with Crippen LogP contribution < -0.4 is 5.32 Å². The smallest absolute Gasteiger partial charge is 0.312 e. The maximum atomic E-state index is 12.2. The van der Waals surface area contributed by atoms with Crippen molar-refractivity contribution in [2.24, 2.45) is 0 Å². The van der Waals surface area contributed by atoms with Crippen LogP contribution in [-0.2, 0) is 19.1 Å². The van der Waals surface area contributed by atoms with Gasteiger partial charge in [-0.05, 0) is 0 Å². The Morgan fingerprint density at radius 3 is 2.11 bits per heavy atom. The van der Waals surface area contributed by atoms with Crippen LogP contribution in [0.25, 0.3) is 0 Å². The van der Waals surface area contributed by atoms with E-state index in [4.69, 9.17) is 9.47 Å². The number of nitrogens with one attached hydrogen (secondary N) is 1. The highest BCUT2D eigenvalue weighted by Gasteiger charge is 2.27. The molecule has 1 heterocycles. The molecule has 1 fully saturated rings. The third-order valence-corrected chi connectivity index (χ3v) is 3.01. The Bertz CT molecular complexity index is 285. The summed E-state index contributed by atoms with van der Waals surface area (Å²) in [6, 6.07) is 0. The zero-order chi connectivity index (χ0) is 14.1. The van der Waals surface area contributed by atoms with Crippen LogP contribution in [0.2, 0.25) is 0 Å². The van der Waals surface area contributed by atoms with Gasteiger partial charge in [-0.2, -0.15) is 0 Å². The van der Waals surface area contributed by atoms with Crippen LogP contribution in [0.5, 0.6) is 0 Å². The van der Waals surface area contributed by atoms with E-state index in [1.807, 2.05) is 0 Å². The molecule has 1 N–H and O–H groups in total. The predicted octanol–water partition coefficient (Wildman–Crippen LogP) is -1.46. The molecule has 0 aliphatic carbocycles. The number of carbonyl (C=O) groups is 2. The Morgan fingerprint density at radius 2 is 1.63 bits per heavy atom. The first-order valence-corrected chi connectivity index (χ1v) is 6.47. The van der Waals surface area contributed by atoms with Gasteiger partial charge in [0.25, 0.3) is 0 Å². The molecule has 0 radical (unpaired) electrons. The van der Waals surface area contributed by atoms with Crippen molar-refractivity contribution in [3.05, 3.63) is 0 Å². The summed E-state index contributed by atoms with van der Waals surface area (Å²) in [5.41, 5.74) is 0. The highest BCUT2D eigenvalue weighted by Crippen LogP contribution is 1.99. The van der Waals surface area contributed by atoms with Crippen molar-refractivity contribution in [1.82, 2.24) is 15.1 Å². The summed E-state index contributed by atoms with van der Waals surface area (Å²) < 4.78 is 9.92. The van der Waals surface area contributed by atoms with Gasteiger partial charge in [-0.1, -0.05) is 0 Å². The van der Waals surface area contributed by atoms with Crippen LogP contribution in [-0.4, -0.2) is 88.3 Å².